The molecule has 0 unspecified atom stereocenters. The number of aryl methyl sites for hydroxylation is 1. The summed E-state index contributed by atoms with van der Waals surface area (Å²) >= 11 is 3.42. The molecular formula is C19H25BrN4O. The fraction of sp³-hybridized carbons (Fsp3) is 0.474. The molecule has 0 aliphatic carbocycles. The number of carbonyl (C=O) groups excluding carboxylic acids is 1. The Morgan fingerprint density at radius 2 is 2.16 bits per heavy atom. The van der Waals surface area contributed by atoms with Crippen LogP contribution in [0.2, 0.25) is 0 Å². The van der Waals surface area contributed by atoms with Gasteiger partial charge >= 0.3 is 0 Å². The van der Waals surface area contributed by atoms with E-state index in [0.29, 0.717) is 12.3 Å². The van der Waals surface area contributed by atoms with Crippen LogP contribution in [0.5, 0.6) is 0 Å². The molecule has 3 rings (SSSR count). The number of H-pyrrole nitrogens is 1. The Bertz CT molecular complexity index is 722. The van der Waals surface area contributed by atoms with E-state index in [1.165, 1.54) is 5.69 Å². The Kier molecular flexibility index (Phi) is 5.91. The van der Waals surface area contributed by atoms with Gasteiger partial charge in [-0.3, -0.25) is 9.89 Å². The third-order valence-corrected chi connectivity index (χ3v) is 5.38. The van der Waals surface area contributed by atoms with Crippen LogP contribution in [0.15, 0.2) is 34.8 Å². The lowest BCUT2D eigenvalue weighted by Gasteiger charge is -2.35. The Balaban J connectivity index is 1.47. The number of anilines is 1. The monoisotopic (exact) mass is 404 g/mol. The number of nitrogens with zero attached hydrogens (tertiary/aromatic N) is 2. The van der Waals surface area contributed by atoms with E-state index >= 15 is 0 Å². The SMILES string of the molecule is Cc1cc(C2CCN([C@H](C)CC(=O)Nc3cccc(Br)c3)CC2)n[nH]1. The quantitative estimate of drug-likeness (QED) is 0.788. The van der Waals surface area contributed by atoms with Crippen molar-refractivity contribution in [3.63, 3.8) is 0 Å². The van der Waals surface area contributed by atoms with Crippen LogP contribution in [-0.4, -0.2) is 40.1 Å². The maximum absolute atomic E-state index is 12.3. The highest BCUT2D eigenvalue weighted by molar-refractivity contribution is 9.10. The average molecular weight is 405 g/mol. The number of piperidine rings is 1. The molecule has 1 aliphatic heterocycles. The lowest BCUT2D eigenvalue weighted by atomic mass is 9.92. The molecule has 1 amide bonds. The summed E-state index contributed by atoms with van der Waals surface area (Å²) in [6, 6.07) is 10.1. The van der Waals surface area contributed by atoms with Gasteiger partial charge in [0.05, 0.1) is 5.69 Å². The lowest BCUT2D eigenvalue weighted by molar-refractivity contribution is -0.117. The molecule has 0 bridgehead atoms. The van der Waals surface area contributed by atoms with Crippen LogP contribution in [0.4, 0.5) is 5.69 Å². The second kappa shape index (κ2) is 8.15. The number of rotatable bonds is 5. The number of benzene rings is 1. The van der Waals surface area contributed by atoms with E-state index in [4.69, 9.17) is 0 Å². The highest BCUT2D eigenvalue weighted by atomic mass is 79.9. The van der Waals surface area contributed by atoms with Crippen LogP contribution in [-0.2, 0) is 4.79 Å². The number of halogens is 1. The van der Waals surface area contributed by atoms with E-state index in [-0.39, 0.29) is 11.9 Å². The molecule has 0 radical (unpaired) electrons. The maximum atomic E-state index is 12.3. The first-order valence-electron chi connectivity index (χ1n) is 8.82. The van der Waals surface area contributed by atoms with Crippen molar-refractivity contribution in [3.05, 3.63) is 46.2 Å². The van der Waals surface area contributed by atoms with Crippen LogP contribution in [0, 0.1) is 6.92 Å². The summed E-state index contributed by atoms with van der Waals surface area (Å²) in [5.74, 6) is 0.597. The topological polar surface area (TPSA) is 61.0 Å². The molecule has 2 heterocycles. The highest BCUT2D eigenvalue weighted by Gasteiger charge is 2.26. The standard InChI is InChI=1S/C19H25BrN4O/c1-13-10-18(23-22-13)15-6-8-24(9-7-15)14(2)11-19(25)21-17-5-3-4-16(20)12-17/h3-5,10,12,14-15H,6-9,11H2,1-2H3,(H,21,25)(H,22,23)/t14-/m1/s1. The van der Waals surface area contributed by atoms with Gasteiger partial charge in [-0.25, -0.2) is 0 Å². The van der Waals surface area contributed by atoms with Crippen molar-refractivity contribution in [1.82, 2.24) is 15.1 Å². The minimum Gasteiger partial charge on any atom is -0.326 e. The Labute approximate surface area is 157 Å². The van der Waals surface area contributed by atoms with E-state index in [1.54, 1.807) is 0 Å². The van der Waals surface area contributed by atoms with Gasteiger partial charge in [0.25, 0.3) is 0 Å². The molecule has 25 heavy (non-hydrogen) atoms. The molecule has 1 aromatic heterocycles. The molecular weight excluding hydrogens is 380 g/mol. The summed E-state index contributed by atoms with van der Waals surface area (Å²) < 4.78 is 0.967. The summed E-state index contributed by atoms with van der Waals surface area (Å²) in [5.41, 5.74) is 3.13. The van der Waals surface area contributed by atoms with Gasteiger partial charge in [0.2, 0.25) is 5.91 Å². The molecule has 2 N–H and O–H groups in total. The minimum absolute atomic E-state index is 0.0654. The molecule has 134 valence electrons. The van der Waals surface area contributed by atoms with E-state index in [1.807, 2.05) is 31.2 Å². The molecule has 1 aromatic carbocycles. The molecule has 0 spiro atoms. The minimum atomic E-state index is 0.0654. The van der Waals surface area contributed by atoms with Crippen molar-refractivity contribution in [3.8, 4) is 0 Å². The van der Waals surface area contributed by atoms with E-state index in [0.717, 1.165) is 41.8 Å². The van der Waals surface area contributed by atoms with Gasteiger partial charge < -0.3 is 10.2 Å². The maximum Gasteiger partial charge on any atom is 0.225 e. The van der Waals surface area contributed by atoms with Gasteiger partial charge in [0.15, 0.2) is 0 Å². The zero-order valence-electron chi connectivity index (χ0n) is 14.8. The Hall–Kier alpha value is -1.66. The molecule has 5 nitrogen and oxygen atoms in total. The van der Waals surface area contributed by atoms with Crippen molar-refractivity contribution in [2.24, 2.45) is 0 Å². The Morgan fingerprint density at radius 3 is 2.80 bits per heavy atom. The van der Waals surface area contributed by atoms with Gasteiger partial charge in [0, 0.05) is 34.2 Å². The van der Waals surface area contributed by atoms with Crippen LogP contribution in [0.3, 0.4) is 0 Å². The van der Waals surface area contributed by atoms with Crippen LogP contribution < -0.4 is 5.32 Å². The van der Waals surface area contributed by atoms with Crippen molar-refractivity contribution < 1.29 is 4.79 Å². The smallest absolute Gasteiger partial charge is 0.225 e. The predicted octanol–water partition coefficient (Wildman–Crippen LogP) is 4.08. The first kappa shape index (κ1) is 18.1. The molecule has 6 heteroatoms. The summed E-state index contributed by atoms with van der Waals surface area (Å²) in [7, 11) is 0. The van der Waals surface area contributed by atoms with Crippen molar-refractivity contribution in [2.75, 3.05) is 18.4 Å². The highest BCUT2D eigenvalue weighted by Crippen LogP contribution is 2.28. The average Bonchev–Trinajstić information content (AvgIpc) is 3.01. The second-order valence-electron chi connectivity index (χ2n) is 6.90. The van der Waals surface area contributed by atoms with Gasteiger partial charge in [-0.2, -0.15) is 5.10 Å². The van der Waals surface area contributed by atoms with Gasteiger partial charge in [-0.05, 0) is 64.0 Å². The van der Waals surface area contributed by atoms with Crippen molar-refractivity contribution in [1.29, 1.82) is 0 Å². The van der Waals surface area contributed by atoms with Crippen molar-refractivity contribution >= 4 is 27.5 Å². The van der Waals surface area contributed by atoms with Gasteiger partial charge in [-0.15, -0.1) is 0 Å². The fourth-order valence-electron chi connectivity index (χ4n) is 3.46. The van der Waals surface area contributed by atoms with E-state index in [9.17, 15) is 4.79 Å². The number of hydrogen-bond donors (Lipinski definition) is 2. The number of nitrogens with one attached hydrogen (secondary N) is 2. The molecule has 1 atom stereocenters. The predicted molar refractivity (Wildman–Crippen MR) is 104 cm³/mol. The summed E-state index contributed by atoms with van der Waals surface area (Å²) in [6.45, 7) is 6.21. The third-order valence-electron chi connectivity index (χ3n) is 4.89. The third kappa shape index (κ3) is 4.92. The summed E-state index contributed by atoms with van der Waals surface area (Å²) in [4.78, 5) is 14.7. The summed E-state index contributed by atoms with van der Waals surface area (Å²) in [6.07, 6.45) is 2.71. The van der Waals surface area contributed by atoms with E-state index < -0.39 is 0 Å². The number of amides is 1. The number of aromatic amines is 1. The normalized spacial score (nSPS) is 17.4. The van der Waals surface area contributed by atoms with Gasteiger partial charge in [-0.1, -0.05) is 22.0 Å². The summed E-state index contributed by atoms with van der Waals surface area (Å²) in [5, 5.41) is 10.4. The molecule has 1 aliphatic rings. The largest absolute Gasteiger partial charge is 0.326 e. The van der Waals surface area contributed by atoms with Crippen LogP contribution in [0.1, 0.15) is 43.5 Å². The number of likely N-dealkylation sites (tertiary alicyclic amines) is 1. The number of aromatic nitrogens is 2. The molecule has 1 fully saturated rings. The van der Waals surface area contributed by atoms with Crippen LogP contribution >= 0.6 is 15.9 Å². The number of hydrogen-bond acceptors (Lipinski definition) is 3. The Morgan fingerprint density at radius 1 is 1.40 bits per heavy atom. The molecule has 0 saturated carbocycles. The zero-order valence-corrected chi connectivity index (χ0v) is 16.3. The van der Waals surface area contributed by atoms with Crippen LogP contribution in [0.25, 0.3) is 0 Å². The second-order valence-corrected chi connectivity index (χ2v) is 7.81. The lowest BCUT2D eigenvalue weighted by Crippen LogP contribution is -2.41. The van der Waals surface area contributed by atoms with E-state index in [2.05, 4.69) is 49.3 Å². The first-order chi connectivity index (χ1) is 12.0. The zero-order chi connectivity index (χ0) is 17.8. The molecule has 2 aromatic rings. The number of carbonyl (C=O) groups is 1. The van der Waals surface area contributed by atoms with Gasteiger partial charge in [0.1, 0.15) is 0 Å². The first-order valence-corrected chi connectivity index (χ1v) is 9.62. The van der Waals surface area contributed by atoms with Crippen molar-refractivity contribution in [2.45, 2.75) is 45.1 Å². The molecule has 1 saturated heterocycles. The fourth-order valence-corrected chi connectivity index (χ4v) is 3.86.